The zero-order chi connectivity index (χ0) is 16.1. The Morgan fingerprint density at radius 1 is 1.30 bits per heavy atom. The second kappa shape index (κ2) is 7.99. The van der Waals surface area contributed by atoms with E-state index >= 15 is 0 Å². The molecule has 2 aliphatic rings. The topological polar surface area (TPSA) is 50.8 Å². The molecule has 5 nitrogen and oxygen atoms in total. The van der Waals surface area contributed by atoms with Crippen molar-refractivity contribution >= 4 is 17.6 Å². The van der Waals surface area contributed by atoms with Crippen molar-refractivity contribution in [1.82, 2.24) is 10.2 Å². The van der Waals surface area contributed by atoms with Gasteiger partial charge in [-0.25, -0.2) is 4.79 Å². The molecule has 3 rings (SSSR count). The number of rotatable bonds is 3. The Hall–Kier alpha value is -1.30. The molecule has 0 bridgehead atoms. The number of carbonyl (C=O) groups is 1. The fourth-order valence-electron chi connectivity index (χ4n) is 3.14. The molecule has 23 heavy (non-hydrogen) atoms. The van der Waals surface area contributed by atoms with Crippen LogP contribution in [0.4, 0.5) is 4.79 Å². The molecule has 6 heteroatoms. The summed E-state index contributed by atoms with van der Waals surface area (Å²) in [6.07, 6.45) is 1.91. The number of likely N-dealkylation sites (tertiary alicyclic amines) is 1. The molecule has 0 aromatic heterocycles. The van der Waals surface area contributed by atoms with Gasteiger partial charge in [0.25, 0.3) is 0 Å². The normalized spacial score (nSPS) is 22.8. The van der Waals surface area contributed by atoms with Crippen molar-refractivity contribution in [1.29, 1.82) is 0 Å². The Balaban J connectivity index is 1.43. The molecule has 2 aliphatic heterocycles. The number of piperidine rings is 1. The second-order valence-corrected chi connectivity index (χ2v) is 6.51. The number of amides is 2. The quantitative estimate of drug-likeness (QED) is 0.921. The van der Waals surface area contributed by atoms with Crippen molar-refractivity contribution in [3.05, 3.63) is 34.9 Å². The molecule has 1 aromatic carbocycles. The third-order valence-electron chi connectivity index (χ3n) is 4.47. The van der Waals surface area contributed by atoms with Crippen molar-refractivity contribution in [3.63, 3.8) is 0 Å². The summed E-state index contributed by atoms with van der Waals surface area (Å²) < 4.78 is 10.9. The van der Waals surface area contributed by atoms with Gasteiger partial charge in [-0.2, -0.15) is 0 Å². The number of urea groups is 1. The van der Waals surface area contributed by atoms with Gasteiger partial charge in [-0.05, 0) is 36.5 Å². The smallest absolute Gasteiger partial charge is 0.317 e. The van der Waals surface area contributed by atoms with E-state index in [1.54, 1.807) is 0 Å². The van der Waals surface area contributed by atoms with E-state index in [2.05, 4.69) is 11.4 Å². The highest BCUT2D eigenvalue weighted by atomic mass is 35.5. The largest absolute Gasteiger partial charge is 0.376 e. The monoisotopic (exact) mass is 338 g/mol. The lowest BCUT2D eigenvalue weighted by Crippen LogP contribution is -2.47. The molecule has 0 radical (unpaired) electrons. The highest BCUT2D eigenvalue weighted by Crippen LogP contribution is 2.29. The zero-order valence-corrected chi connectivity index (χ0v) is 13.9. The number of benzene rings is 1. The maximum atomic E-state index is 12.2. The number of hydrogen-bond acceptors (Lipinski definition) is 3. The lowest BCUT2D eigenvalue weighted by atomic mass is 9.89. The van der Waals surface area contributed by atoms with Crippen molar-refractivity contribution in [2.24, 2.45) is 0 Å². The predicted octanol–water partition coefficient (Wildman–Crippen LogP) is 2.64. The highest BCUT2D eigenvalue weighted by molar-refractivity contribution is 6.30. The van der Waals surface area contributed by atoms with Gasteiger partial charge >= 0.3 is 6.03 Å². The predicted molar refractivity (Wildman–Crippen MR) is 89.0 cm³/mol. The minimum atomic E-state index is -0.0308. The molecule has 1 N–H and O–H groups in total. The highest BCUT2D eigenvalue weighted by Gasteiger charge is 2.24. The molecular formula is C17H23ClN2O3. The summed E-state index contributed by atoms with van der Waals surface area (Å²) in [6.45, 7) is 3.84. The molecule has 126 valence electrons. The van der Waals surface area contributed by atoms with Crippen LogP contribution in [-0.4, -0.2) is 56.5 Å². The summed E-state index contributed by atoms with van der Waals surface area (Å²) in [5.41, 5.74) is 1.27. The van der Waals surface area contributed by atoms with Crippen LogP contribution < -0.4 is 5.32 Å². The number of ether oxygens (including phenoxy) is 2. The van der Waals surface area contributed by atoms with E-state index < -0.39 is 0 Å². The average Bonchev–Trinajstić information content (AvgIpc) is 2.61. The summed E-state index contributed by atoms with van der Waals surface area (Å²) in [4.78, 5) is 14.1. The van der Waals surface area contributed by atoms with Gasteiger partial charge in [0.1, 0.15) is 0 Å². The molecule has 0 saturated carbocycles. The van der Waals surface area contributed by atoms with Crippen LogP contribution in [-0.2, 0) is 9.47 Å². The Morgan fingerprint density at radius 3 is 2.83 bits per heavy atom. The summed E-state index contributed by atoms with van der Waals surface area (Å²) in [5.74, 6) is 0.479. The Labute approximate surface area is 141 Å². The lowest BCUT2D eigenvalue weighted by Gasteiger charge is -2.33. The molecule has 0 unspecified atom stereocenters. The van der Waals surface area contributed by atoms with Crippen LogP contribution in [0.5, 0.6) is 0 Å². The van der Waals surface area contributed by atoms with E-state index in [1.807, 2.05) is 23.1 Å². The Bertz CT molecular complexity index is 526. The number of halogens is 1. The standard InChI is InChI=1S/C17H23ClN2O3/c18-15-3-1-2-14(10-15)13-4-6-20(7-5-13)17(21)19-11-16-12-22-8-9-23-16/h1-3,10,13,16H,4-9,11-12H2,(H,19,21)/t16-/m0/s1. The number of carbonyl (C=O) groups excluding carboxylic acids is 1. The van der Waals surface area contributed by atoms with Crippen molar-refractivity contribution in [2.75, 3.05) is 39.5 Å². The third-order valence-corrected chi connectivity index (χ3v) is 4.70. The van der Waals surface area contributed by atoms with Crippen molar-refractivity contribution in [3.8, 4) is 0 Å². The minimum Gasteiger partial charge on any atom is -0.376 e. The summed E-state index contributed by atoms with van der Waals surface area (Å²) in [6, 6.07) is 8.02. The van der Waals surface area contributed by atoms with Crippen molar-refractivity contribution in [2.45, 2.75) is 24.9 Å². The van der Waals surface area contributed by atoms with Crippen LogP contribution in [0, 0.1) is 0 Å². The summed E-state index contributed by atoms with van der Waals surface area (Å²) >= 11 is 6.06. The minimum absolute atomic E-state index is 0.0104. The van der Waals surface area contributed by atoms with E-state index in [1.165, 1.54) is 5.56 Å². The van der Waals surface area contributed by atoms with Crippen LogP contribution in [0.2, 0.25) is 5.02 Å². The van der Waals surface area contributed by atoms with Gasteiger partial charge in [0.15, 0.2) is 0 Å². The molecule has 0 aliphatic carbocycles. The van der Waals surface area contributed by atoms with E-state index in [0.717, 1.165) is 31.0 Å². The Kier molecular flexibility index (Phi) is 5.75. The maximum Gasteiger partial charge on any atom is 0.317 e. The first-order valence-electron chi connectivity index (χ1n) is 8.20. The maximum absolute atomic E-state index is 12.2. The first-order chi connectivity index (χ1) is 11.2. The summed E-state index contributed by atoms with van der Waals surface area (Å²) in [7, 11) is 0. The fourth-order valence-corrected chi connectivity index (χ4v) is 3.34. The van der Waals surface area contributed by atoms with E-state index in [0.29, 0.717) is 32.3 Å². The number of nitrogens with zero attached hydrogens (tertiary/aromatic N) is 1. The first-order valence-corrected chi connectivity index (χ1v) is 8.58. The summed E-state index contributed by atoms with van der Waals surface area (Å²) in [5, 5.41) is 3.72. The second-order valence-electron chi connectivity index (χ2n) is 6.07. The fraction of sp³-hybridized carbons (Fsp3) is 0.588. The van der Waals surface area contributed by atoms with Crippen LogP contribution in [0.15, 0.2) is 24.3 Å². The molecule has 2 heterocycles. The van der Waals surface area contributed by atoms with Crippen LogP contribution >= 0.6 is 11.6 Å². The average molecular weight is 339 g/mol. The molecule has 1 aromatic rings. The van der Waals surface area contributed by atoms with E-state index in [-0.39, 0.29) is 12.1 Å². The first kappa shape index (κ1) is 16.6. The molecule has 2 saturated heterocycles. The third kappa shape index (κ3) is 4.59. The zero-order valence-electron chi connectivity index (χ0n) is 13.2. The van der Waals surface area contributed by atoms with Gasteiger partial charge < -0.3 is 19.7 Å². The van der Waals surface area contributed by atoms with Crippen LogP contribution in [0.1, 0.15) is 24.3 Å². The molecule has 2 fully saturated rings. The van der Waals surface area contributed by atoms with E-state index in [9.17, 15) is 4.79 Å². The Morgan fingerprint density at radius 2 is 2.13 bits per heavy atom. The number of nitrogens with one attached hydrogen (secondary N) is 1. The van der Waals surface area contributed by atoms with Gasteiger partial charge in [-0.15, -0.1) is 0 Å². The SMILES string of the molecule is O=C(NC[C@H]1COCCO1)N1CCC(c2cccc(Cl)c2)CC1. The molecule has 0 spiro atoms. The van der Waals surface area contributed by atoms with Gasteiger partial charge in [0.2, 0.25) is 0 Å². The van der Waals surface area contributed by atoms with Gasteiger partial charge in [0.05, 0.1) is 25.9 Å². The van der Waals surface area contributed by atoms with Gasteiger partial charge in [-0.1, -0.05) is 23.7 Å². The van der Waals surface area contributed by atoms with Gasteiger partial charge in [-0.3, -0.25) is 0 Å². The molecule has 2 amide bonds. The molecular weight excluding hydrogens is 316 g/mol. The van der Waals surface area contributed by atoms with Crippen molar-refractivity contribution < 1.29 is 14.3 Å². The lowest BCUT2D eigenvalue weighted by molar-refractivity contribution is -0.0856. The molecule has 1 atom stereocenters. The van der Waals surface area contributed by atoms with E-state index in [4.69, 9.17) is 21.1 Å². The number of hydrogen-bond donors (Lipinski definition) is 1. The van der Waals surface area contributed by atoms with Crippen LogP contribution in [0.3, 0.4) is 0 Å². The van der Waals surface area contributed by atoms with Crippen LogP contribution in [0.25, 0.3) is 0 Å². The van der Waals surface area contributed by atoms with Gasteiger partial charge in [0, 0.05) is 24.7 Å².